The fourth-order valence-corrected chi connectivity index (χ4v) is 1.79. The Balaban J connectivity index is 2.72. The van der Waals surface area contributed by atoms with E-state index in [2.05, 4.69) is 5.32 Å². The van der Waals surface area contributed by atoms with Crippen molar-refractivity contribution < 1.29 is 19.8 Å². The molecule has 1 aromatic carbocycles. The lowest BCUT2D eigenvalue weighted by molar-refractivity contribution is -0.141. The van der Waals surface area contributed by atoms with Crippen molar-refractivity contribution in [1.82, 2.24) is 5.32 Å². The summed E-state index contributed by atoms with van der Waals surface area (Å²) in [6, 6.07) is 3.83. The number of carboxylic acid groups (broad SMARTS) is 1. The Morgan fingerprint density at radius 3 is 2.65 bits per heavy atom. The summed E-state index contributed by atoms with van der Waals surface area (Å²) in [5.41, 5.74) is 0.545. The van der Waals surface area contributed by atoms with E-state index in [1.807, 2.05) is 0 Å². The number of hydrogen-bond donors (Lipinski definition) is 3. The topological polar surface area (TPSA) is 86.6 Å². The lowest BCUT2D eigenvalue weighted by Gasteiger charge is -2.11. The molecule has 1 atom stereocenters. The van der Waals surface area contributed by atoms with Crippen molar-refractivity contribution in [2.45, 2.75) is 12.5 Å². The van der Waals surface area contributed by atoms with Gasteiger partial charge in [-0.15, -0.1) is 0 Å². The van der Waals surface area contributed by atoms with Crippen LogP contribution in [0.5, 0.6) is 0 Å². The van der Waals surface area contributed by atoms with Crippen molar-refractivity contribution >= 4 is 41.2 Å². The molecule has 0 aliphatic carbocycles. The molecule has 0 fully saturated rings. The smallest absolute Gasteiger partial charge is 0.326 e. The lowest BCUT2D eigenvalue weighted by Crippen LogP contribution is -2.40. The van der Waals surface area contributed by atoms with Crippen molar-refractivity contribution in [2.75, 3.05) is 6.61 Å². The van der Waals surface area contributed by atoms with Crippen LogP contribution in [0.15, 0.2) is 24.3 Å². The van der Waals surface area contributed by atoms with Crippen LogP contribution in [-0.2, 0) is 9.59 Å². The van der Waals surface area contributed by atoms with Gasteiger partial charge < -0.3 is 15.5 Å². The van der Waals surface area contributed by atoms with E-state index in [1.54, 1.807) is 18.2 Å². The van der Waals surface area contributed by atoms with Crippen LogP contribution >= 0.6 is 23.2 Å². The van der Waals surface area contributed by atoms with E-state index in [4.69, 9.17) is 33.4 Å². The number of benzene rings is 1. The van der Waals surface area contributed by atoms with Gasteiger partial charge in [-0.3, -0.25) is 4.79 Å². The van der Waals surface area contributed by atoms with Crippen LogP contribution in [0.1, 0.15) is 12.0 Å². The first-order valence-electron chi connectivity index (χ1n) is 5.72. The van der Waals surface area contributed by atoms with E-state index >= 15 is 0 Å². The Morgan fingerprint density at radius 2 is 2.05 bits per heavy atom. The number of halogens is 2. The summed E-state index contributed by atoms with van der Waals surface area (Å²) in [5.74, 6) is -1.80. The van der Waals surface area contributed by atoms with Gasteiger partial charge in [-0.25, -0.2) is 4.79 Å². The number of aliphatic hydroxyl groups is 1. The zero-order valence-electron chi connectivity index (χ0n) is 10.3. The molecule has 3 N–H and O–H groups in total. The Bertz CT molecular complexity index is 531. The highest BCUT2D eigenvalue weighted by Crippen LogP contribution is 2.26. The van der Waals surface area contributed by atoms with E-state index in [1.165, 1.54) is 6.08 Å². The normalized spacial score (nSPS) is 12.3. The van der Waals surface area contributed by atoms with Crippen molar-refractivity contribution in [1.29, 1.82) is 0 Å². The van der Waals surface area contributed by atoms with Crippen LogP contribution in [0.2, 0.25) is 10.0 Å². The number of hydrogen-bond acceptors (Lipinski definition) is 3. The minimum absolute atomic E-state index is 0.0627. The van der Waals surface area contributed by atoms with Gasteiger partial charge in [0.15, 0.2) is 0 Å². The van der Waals surface area contributed by atoms with Crippen molar-refractivity contribution in [3.8, 4) is 0 Å². The Labute approximate surface area is 125 Å². The van der Waals surface area contributed by atoms with E-state index in [0.717, 1.165) is 6.08 Å². The molecule has 7 heteroatoms. The predicted molar refractivity (Wildman–Crippen MR) is 76.8 cm³/mol. The third-order valence-electron chi connectivity index (χ3n) is 2.43. The molecular formula is C13H13Cl2NO4. The van der Waals surface area contributed by atoms with Crippen LogP contribution in [0, 0.1) is 0 Å². The number of aliphatic carboxylic acids is 1. The predicted octanol–water partition coefficient (Wildman–Crippen LogP) is 1.96. The van der Waals surface area contributed by atoms with E-state index in [9.17, 15) is 9.59 Å². The van der Waals surface area contributed by atoms with Gasteiger partial charge in [0.25, 0.3) is 0 Å². The zero-order valence-corrected chi connectivity index (χ0v) is 11.9. The summed E-state index contributed by atoms with van der Waals surface area (Å²) >= 11 is 11.8. The van der Waals surface area contributed by atoms with Crippen molar-refractivity contribution in [3.05, 3.63) is 39.9 Å². The molecule has 5 nitrogen and oxygen atoms in total. The first-order valence-corrected chi connectivity index (χ1v) is 6.47. The zero-order chi connectivity index (χ0) is 15.1. The van der Waals surface area contributed by atoms with Gasteiger partial charge in [-0.1, -0.05) is 35.3 Å². The molecule has 1 amide bonds. The molecule has 1 unspecified atom stereocenters. The highest BCUT2D eigenvalue weighted by Gasteiger charge is 2.17. The van der Waals surface area contributed by atoms with Gasteiger partial charge in [0, 0.05) is 19.1 Å². The fraction of sp³-hybridized carbons (Fsp3) is 0.231. The molecule has 108 valence electrons. The van der Waals surface area contributed by atoms with Gasteiger partial charge >= 0.3 is 5.97 Å². The SMILES string of the molecule is O=C(C=Cc1cccc(Cl)c1Cl)NC(CCO)C(=O)O. The molecule has 0 bridgehead atoms. The average Bonchev–Trinajstić information content (AvgIpc) is 2.40. The van der Waals surface area contributed by atoms with Crippen molar-refractivity contribution in [3.63, 3.8) is 0 Å². The second kappa shape index (κ2) is 7.89. The van der Waals surface area contributed by atoms with Gasteiger partial charge in [0.2, 0.25) is 5.91 Å². The standard InChI is InChI=1S/C13H13Cl2NO4/c14-9-3-1-2-8(12(9)15)4-5-11(18)16-10(6-7-17)13(19)20/h1-5,10,17H,6-7H2,(H,16,18)(H,19,20). The van der Waals surface area contributed by atoms with E-state index in [-0.39, 0.29) is 13.0 Å². The Morgan fingerprint density at radius 1 is 1.35 bits per heavy atom. The van der Waals surface area contributed by atoms with Crippen molar-refractivity contribution in [2.24, 2.45) is 0 Å². The number of rotatable bonds is 6. The number of carbonyl (C=O) groups is 2. The molecule has 0 saturated heterocycles. The summed E-state index contributed by atoms with van der Waals surface area (Å²) in [7, 11) is 0. The maximum absolute atomic E-state index is 11.6. The van der Waals surface area contributed by atoms with Crippen LogP contribution < -0.4 is 5.32 Å². The highest BCUT2D eigenvalue weighted by molar-refractivity contribution is 6.42. The second-order valence-corrected chi connectivity index (χ2v) is 4.67. The summed E-state index contributed by atoms with van der Waals surface area (Å²) in [6.45, 7) is -0.332. The molecule has 0 aromatic heterocycles. The molecule has 1 rings (SSSR count). The van der Waals surface area contributed by atoms with Crippen LogP contribution in [0.4, 0.5) is 0 Å². The highest BCUT2D eigenvalue weighted by atomic mass is 35.5. The minimum atomic E-state index is -1.21. The average molecular weight is 318 g/mol. The number of carboxylic acids is 1. The molecule has 1 aromatic rings. The molecule has 20 heavy (non-hydrogen) atoms. The monoisotopic (exact) mass is 317 g/mol. The number of aliphatic hydroxyl groups excluding tert-OH is 1. The molecule has 0 saturated carbocycles. The van der Waals surface area contributed by atoms with Crippen LogP contribution in [0.3, 0.4) is 0 Å². The van der Waals surface area contributed by atoms with E-state index in [0.29, 0.717) is 15.6 Å². The maximum Gasteiger partial charge on any atom is 0.326 e. The molecule has 0 radical (unpaired) electrons. The summed E-state index contributed by atoms with van der Waals surface area (Å²) < 4.78 is 0. The van der Waals surface area contributed by atoms with Crippen LogP contribution in [0.25, 0.3) is 6.08 Å². The number of carbonyl (C=O) groups excluding carboxylic acids is 1. The third kappa shape index (κ3) is 4.85. The first kappa shape index (κ1) is 16.5. The number of amides is 1. The fourth-order valence-electron chi connectivity index (χ4n) is 1.42. The van der Waals surface area contributed by atoms with E-state index < -0.39 is 17.9 Å². The molecule has 0 aliphatic heterocycles. The lowest BCUT2D eigenvalue weighted by atomic mass is 10.2. The molecular weight excluding hydrogens is 305 g/mol. The molecule has 0 aliphatic rings. The Hall–Kier alpha value is -1.56. The molecule has 0 spiro atoms. The van der Waals surface area contributed by atoms with Gasteiger partial charge in [-0.2, -0.15) is 0 Å². The minimum Gasteiger partial charge on any atom is -0.480 e. The summed E-state index contributed by atoms with van der Waals surface area (Å²) in [4.78, 5) is 22.4. The third-order valence-corrected chi connectivity index (χ3v) is 3.26. The quantitative estimate of drug-likeness (QED) is 0.700. The van der Waals surface area contributed by atoms with Gasteiger partial charge in [0.1, 0.15) is 6.04 Å². The Kier molecular flexibility index (Phi) is 6.51. The largest absolute Gasteiger partial charge is 0.480 e. The first-order chi connectivity index (χ1) is 9.45. The molecule has 0 heterocycles. The van der Waals surface area contributed by atoms with Gasteiger partial charge in [-0.05, 0) is 17.7 Å². The second-order valence-electron chi connectivity index (χ2n) is 3.89. The maximum atomic E-state index is 11.6. The summed E-state index contributed by atoms with van der Waals surface area (Å²) in [6.07, 6.45) is 2.53. The number of nitrogens with one attached hydrogen (secondary N) is 1. The van der Waals surface area contributed by atoms with Gasteiger partial charge in [0.05, 0.1) is 10.0 Å². The van der Waals surface area contributed by atoms with Crippen LogP contribution in [-0.4, -0.2) is 34.7 Å². The summed E-state index contributed by atoms with van der Waals surface area (Å²) in [5, 5.41) is 20.5.